The second-order valence-corrected chi connectivity index (χ2v) is 5.56. The van der Waals surface area contributed by atoms with E-state index in [9.17, 15) is 13.2 Å². The maximum atomic E-state index is 12.7. The lowest BCUT2D eigenvalue weighted by atomic mass is 10.2. The fourth-order valence-corrected chi connectivity index (χ4v) is 2.68. The van der Waals surface area contributed by atoms with Crippen molar-refractivity contribution >= 4 is 17.4 Å². The molecule has 1 heterocycles. The van der Waals surface area contributed by atoms with E-state index < -0.39 is 11.9 Å². The predicted molar refractivity (Wildman–Crippen MR) is 73.7 cm³/mol. The van der Waals surface area contributed by atoms with Gasteiger partial charge in [0.25, 0.3) is 0 Å². The molecule has 0 fully saturated rings. The number of aromatic nitrogens is 1. The minimum Gasteiger partial charge on any atom is -0.397 e. The van der Waals surface area contributed by atoms with Gasteiger partial charge >= 0.3 is 6.18 Å². The van der Waals surface area contributed by atoms with Gasteiger partial charge in [-0.2, -0.15) is 13.2 Å². The van der Waals surface area contributed by atoms with Gasteiger partial charge in [-0.05, 0) is 37.1 Å². The molecule has 0 atom stereocenters. The van der Waals surface area contributed by atoms with Gasteiger partial charge in [-0.25, -0.2) is 4.98 Å². The molecule has 0 radical (unpaired) electrons. The van der Waals surface area contributed by atoms with Crippen LogP contribution in [0.2, 0.25) is 0 Å². The first-order chi connectivity index (χ1) is 9.27. The van der Waals surface area contributed by atoms with Gasteiger partial charge < -0.3 is 5.73 Å². The highest BCUT2D eigenvalue weighted by Crippen LogP contribution is 2.37. The zero-order valence-electron chi connectivity index (χ0n) is 11.0. The molecule has 1 aromatic carbocycles. The zero-order chi connectivity index (χ0) is 14.9. The molecule has 6 heteroatoms. The third-order valence-electron chi connectivity index (χ3n) is 2.75. The second-order valence-electron chi connectivity index (χ2n) is 4.48. The van der Waals surface area contributed by atoms with Crippen molar-refractivity contribution in [2.24, 2.45) is 0 Å². The van der Waals surface area contributed by atoms with Crippen LogP contribution < -0.4 is 5.73 Å². The summed E-state index contributed by atoms with van der Waals surface area (Å²) < 4.78 is 38.0. The van der Waals surface area contributed by atoms with Crippen molar-refractivity contribution in [1.82, 2.24) is 4.98 Å². The number of nitrogens with two attached hydrogens (primary N) is 1. The van der Waals surface area contributed by atoms with E-state index in [2.05, 4.69) is 4.98 Å². The lowest BCUT2D eigenvalue weighted by molar-refractivity contribution is -0.141. The van der Waals surface area contributed by atoms with Crippen LogP contribution in [-0.4, -0.2) is 4.98 Å². The van der Waals surface area contributed by atoms with E-state index in [0.717, 1.165) is 28.3 Å². The van der Waals surface area contributed by atoms with E-state index >= 15 is 0 Å². The van der Waals surface area contributed by atoms with Crippen LogP contribution in [-0.2, 0) is 6.18 Å². The smallest absolute Gasteiger partial charge is 0.397 e. The first-order valence-electron chi connectivity index (χ1n) is 5.85. The fraction of sp³-hybridized carbons (Fsp3) is 0.214. The van der Waals surface area contributed by atoms with Gasteiger partial charge in [0.05, 0.1) is 11.9 Å². The van der Waals surface area contributed by atoms with E-state index in [4.69, 9.17) is 5.73 Å². The summed E-state index contributed by atoms with van der Waals surface area (Å²) >= 11 is 1.22. The Morgan fingerprint density at radius 3 is 2.45 bits per heavy atom. The van der Waals surface area contributed by atoms with Crippen molar-refractivity contribution in [1.29, 1.82) is 0 Å². The molecule has 0 saturated heterocycles. The summed E-state index contributed by atoms with van der Waals surface area (Å²) in [6.07, 6.45) is -3.42. The number of aryl methyl sites for hydroxylation is 2. The standard InChI is InChI=1S/C14H13F3N2S/c1-8-3-4-9(2)11(5-8)20-12-6-13(14(15,16)17)19-7-10(12)18/h3-7H,18H2,1-2H3. The Balaban J connectivity index is 2.40. The Kier molecular flexibility index (Phi) is 3.94. The van der Waals surface area contributed by atoms with Crippen LogP contribution in [0.25, 0.3) is 0 Å². The third kappa shape index (κ3) is 3.25. The molecule has 0 unspecified atom stereocenters. The number of nitrogen functional groups attached to an aromatic ring is 1. The third-order valence-corrected chi connectivity index (χ3v) is 3.98. The van der Waals surface area contributed by atoms with Crippen LogP contribution in [0.15, 0.2) is 40.3 Å². The van der Waals surface area contributed by atoms with Crippen LogP contribution >= 0.6 is 11.8 Å². The number of anilines is 1. The van der Waals surface area contributed by atoms with Gasteiger partial charge in [0.2, 0.25) is 0 Å². The molecule has 2 rings (SSSR count). The van der Waals surface area contributed by atoms with E-state index in [0.29, 0.717) is 4.90 Å². The number of halogens is 3. The Morgan fingerprint density at radius 1 is 1.10 bits per heavy atom. The molecule has 0 spiro atoms. The molecule has 20 heavy (non-hydrogen) atoms. The number of nitrogens with zero attached hydrogens (tertiary/aromatic N) is 1. The second kappa shape index (κ2) is 5.36. The van der Waals surface area contributed by atoms with Gasteiger partial charge in [0, 0.05) is 9.79 Å². The minimum atomic E-state index is -4.47. The Labute approximate surface area is 119 Å². The number of hydrogen-bond acceptors (Lipinski definition) is 3. The molecule has 2 N–H and O–H groups in total. The van der Waals surface area contributed by atoms with Crippen molar-refractivity contribution in [3.63, 3.8) is 0 Å². The van der Waals surface area contributed by atoms with E-state index in [1.807, 2.05) is 32.0 Å². The van der Waals surface area contributed by atoms with Crippen molar-refractivity contribution in [3.05, 3.63) is 47.3 Å². The van der Waals surface area contributed by atoms with Crippen LogP contribution in [0, 0.1) is 13.8 Å². The van der Waals surface area contributed by atoms with Gasteiger partial charge in [-0.15, -0.1) is 0 Å². The fourth-order valence-electron chi connectivity index (χ4n) is 1.63. The Hall–Kier alpha value is -1.69. The van der Waals surface area contributed by atoms with Crippen molar-refractivity contribution in [3.8, 4) is 0 Å². The first-order valence-corrected chi connectivity index (χ1v) is 6.67. The quantitative estimate of drug-likeness (QED) is 0.890. The van der Waals surface area contributed by atoms with Crippen LogP contribution in [0.1, 0.15) is 16.8 Å². The summed E-state index contributed by atoms with van der Waals surface area (Å²) in [5, 5.41) is 0. The normalized spacial score (nSPS) is 11.7. The molecule has 106 valence electrons. The molecular weight excluding hydrogens is 285 g/mol. The van der Waals surface area contributed by atoms with Crippen LogP contribution in [0.3, 0.4) is 0 Å². The molecule has 2 nitrogen and oxygen atoms in total. The van der Waals surface area contributed by atoms with E-state index in [1.54, 1.807) is 0 Å². The molecular formula is C14H13F3N2S. The first kappa shape index (κ1) is 14.7. The average molecular weight is 298 g/mol. The van der Waals surface area contributed by atoms with Gasteiger partial charge in [0.15, 0.2) is 0 Å². The Morgan fingerprint density at radius 2 is 1.80 bits per heavy atom. The minimum absolute atomic E-state index is 0.240. The summed E-state index contributed by atoms with van der Waals surface area (Å²) in [6, 6.07) is 6.80. The largest absolute Gasteiger partial charge is 0.433 e. The number of benzene rings is 1. The van der Waals surface area contributed by atoms with Gasteiger partial charge in [0.1, 0.15) is 5.69 Å². The average Bonchev–Trinajstić information content (AvgIpc) is 2.35. The summed E-state index contributed by atoms with van der Waals surface area (Å²) in [7, 11) is 0. The summed E-state index contributed by atoms with van der Waals surface area (Å²) in [5.41, 5.74) is 7.06. The lowest BCUT2D eigenvalue weighted by Gasteiger charge is -2.11. The zero-order valence-corrected chi connectivity index (χ0v) is 11.8. The highest BCUT2D eigenvalue weighted by Gasteiger charge is 2.33. The highest BCUT2D eigenvalue weighted by molar-refractivity contribution is 7.99. The maximum absolute atomic E-state index is 12.7. The molecule has 0 aliphatic heterocycles. The lowest BCUT2D eigenvalue weighted by Crippen LogP contribution is -2.08. The van der Waals surface area contributed by atoms with Crippen molar-refractivity contribution in [2.45, 2.75) is 29.8 Å². The predicted octanol–water partition coefficient (Wildman–Crippen LogP) is 4.45. The monoisotopic (exact) mass is 298 g/mol. The molecule has 0 amide bonds. The number of rotatable bonds is 2. The van der Waals surface area contributed by atoms with E-state index in [1.165, 1.54) is 11.8 Å². The molecule has 0 bridgehead atoms. The van der Waals surface area contributed by atoms with Crippen LogP contribution in [0.5, 0.6) is 0 Å². The number of hydrogen-bond donors (Lipinski definition) is 1. The van der Waals surface area contributed by atoms with Gasteiger partial charge in [-0.3, -0.25) is 0 Å². The molecule has 0 aliphatic rings. The maximum Gasteiger partial charge on any atom is 0.433 e. The Bertz CT molecular complexity index is 639. The number of alkyl halides is 3. The summed E-state index contributed by atoms with van der Waals surface area (Å²) in [4.78, 5) is 4.58. The summed E-state index contributed by atoms with van der Waals surface area (Å²) in [6.45, 7) is 3.84. The molecule has 0 aliphatic carbocycles. The molecule has 1 aromatic heterocycles. The van der Waals surface area contributed by atoms with Gasteiger partial charge in [-0.1, -0.05) is 23.9 Å². The van der Waals surface area contributed by atoms with Crippen LogP contribution in [0.4, 0.5) is 18.9 Å². The molecule has 0 saturated carbocycles. The topological polar surface area (TPSA) is 38.9 Å². The SMILES string of the molecule is Cc1ccc(C)c(Sc2cc(C(F)(F)F)ncc2N)c1. The highest BCUT2D eigenvalue weighted by atomic mass is 32.2. The van der Waals surface area contributed by atoms with E-state index in [-0.39, 0.29) is 5.69 Å². The summed E-state index contributed by atoms with van der Waals surface area (Å²) in [5.74, 6) is 0. The molecule has 2 aromatic rings. The number of pyridine rings is 1. The van der Waals surface area contributed by atoms with Crippen molar-refractivity contribution < 1.29 is 13.2 Å². The van der Waals surface area contributed by atoms with Crippen molar-refractivity contribution in [2.75, 3.05) is 5.73 Å².